The van der Waals surface area contributed by atoms with E-state index in [1.807, 2.05) is 0 Å². The van der Waals surface area contributed by atoms with Crippen LogP contribution in [0.4, 0.5) is 5.69 Å². The van der Waals surface area contributed by atoms with Crippen LogP contribution in [0.3, 0.4) is 0 Å². The predicted octanol–water partition coefficient (Wildman–Crippen LogP) is 1.18. The maximum absolute atomic E-state index is 11.4. The zero-order chi connectivity index (χ0) is 13.8. The molecule has 18 heavy (non-hydrogen) atoms. The van der Waals surface area contributed by atoms with Gasteiger partial charge in [-0.3, -0.25) is 4.72 Å². The highest BCUT2D eigenvalue weighted by Crippen LogP contribution is 2.19. The summed E-state index contributed by atoms with van der Waals surface area (Å²) in [5.41, 5.74) is 0.252. The third-order valence-electron chi connectivity index (χ3n) is 1.81. The molecule has 1 N–H and O–H groups in total. The van der Waals surface area contributed by atoms with Gasteiger partial charge in [-0.15, -0.1) is 0 Å². The minimum atomic E-state index is -3.62. The zero-order valence-electron chi connectivity index (χ0n) is 10.1. The molecule has 1 aromatic rings. The van der Waals surface area contributed by atoms with Crippen LogP contribution in [0.1, 0.15) is 13.3 Å². The molecule has 0 aliphatic rings. The highest BCUT2D eigenvalue weighted by atomic mass is 32.2. The first kappa shape index (κ1) is 14.8. The lowest BCUT2D eigenvalue weighted by molar-refractivity contribution is 0.485. The van der Waals surface area contributed by atoms with Crippen LogP contribution in [0.25, 0.3) is 0 Å². The van der Waals surface area contributed by atoms with Gasteiger partial charge in [0.15, 0.2) is 0 Å². The minimum absolute atomic E-state index is 0.0806. The highest BCUT2D eigenvalue weighted by Gasteiger charge is 2.12. The van der Waals surface area contributed by atoms with E-state index in [1.54, 1.807) is 6.92 Å². The average molecular weight is 293 g/mol. The van der Waals surface area contributed by atoms with E-state index in [-0.39, 0.29) is 17.2 Å². The van der Waals surface area contributed by atoms with Gasteiger partial charge in [0.1, 0.15) is 5.75 Å². The fourth-order valence-electron chi connectivity index (χ4n) is 1.26. The highest BCUT2D eigenvalue weighted by molar-refractivity contribution is 7.92. The van der Waals surface area contributed by atoms with Gasteiger partial charge < -0.3 is 4.18 Å². The minimum Gasteiger partial charge on any atom is -0.382 e. The number of nitrogens with one attached hydrogen (secondary N) is 1. The standard InChI is InChI=1S/C10H15NO5S2/c1-3-7-18(14,15)16-10-6-4-5-9(8-10)11-17(2,12)13/h4-6,8,11H,3,7H2,1-2H3. The van der Waals surface area contributed by atoms with Gasteiger partial charge in [0.05, 0.1) is 17.7 Å². The van der Waals surface area contributed by atoms with Crippen LogP contribution in [0.5, 0.6) is 5.75 Å². The van der Waals surface area contributed by atoms with Crippen molar-refractivity contribution >= 4 is 25.8 Å². The van der Waals surface area contributed by atoms with E-state index in [1.165, 1.54) is 24.3 Å². The fourth-order valence-corrected chi connectivity index (χ4v) is 2.80. The molecule has 0 aliphatic carbocycles. The molecule has 0 amide bonds. The first-order chi connectivity index (χ1) is 8.22. The average Bonchev–Trinajstić information content (AvgIpc) is 2.13. The second-order valence-electron chi connectivity index (χ2n) is 3.75. The van der Waals surface area contributed by atoms with Crippen LogP contribution < -0.4 is 8.91 Å². The third kappa shape index (κ3) is 5.37. The third-order valence-corrected chi connectivity index (χ3v) is 3.78. The molecule has 0 saturated heterocycles. The Labute approximate surface area is 107 Å². The van der Waals surface area contributed by atoms with E-state index in [0.717, 1.165) is 6.26 Å². The van der Waals surface area contributed by atoms with E-state index < -0.39 is 20.1 Å². The Morgan fingerprint density at radius 3 is 2.44 bits per heavy atom. The van der Waals surface area contributed by atoms with E-state index in [9.17, 15) is 16.8 Å². The SMILES string of the molecule is CCCS(=O)(=O)Oc1cccc(NS(C)(=O)=O)c1. The molecule has 0 heterocycles. The number of hydrogen-bond donors (Lipinski definition) is 1. The molecule has 8 heteroatoms. The molecular weight excluding hydrogens is 278 g/mol. The van der Waals surface area contributed by atoms with Crippen LogP contribution >= 0.6 is 0 Å². The molecule has 102 valence electrons. The maximum Gasteiger partial charge on any atom is 0.309 e. The van der Waals surface area contributed by atoms with Crippen molar-refractivity contribution in [2.45, 2.75) is 13.3 Å². The summed E-state index contributed by atoms with van der Waals surface area (Å²) in [7, 11) is -7.03. The molecule has 0 spiro atoms. The summed E-state index contributed by atoms with van der Waals surface area (Å²) in [6.45, 7) is 1.72. The van der Waals surface area contributed by atoms with Crippen molar-refractivity contribution in [1.82, 2.24) is 0 Å². The second-order valence-corrected chi connectivity index (χ2v) is 7.19. The molecular formula is C10H15NO5S2. The Hall–Kier alpha value is -1.28. The van der Waals surface area contributed by atoms with Crippen LogP contribution in [0.2, 0.25) is 0 Å². The largest absolute Gasteiger partial charge is 0.382 e. The summed E-state index contributed by atoms with van der Waals surface area (Å²) in [4.78, 5) is 0. The Balaban J connectivity index is 2.90. The molecule has 0 bridgehead atoms. The van der Waals surface area contributed by atoms with Gasteiger partial charge in [-0.1, -0.05) is 13.0 Å². The van der Waals surface area contributed by atoms with Crippen molar-refractivity contribution in [3.8, 4) is 5.75 Å². The Bertz CT molecular complexity index is 607. The first-order valence-corrected chi connectivity index (χ1v) is 8.69. The number of anilines is 1. The summed E-state index contributed by atoms with van der Waals surface area (Å²) in [5.74, 6) is -0.00593. The van der Waals surface area contributed by atoms with Gasteiger partial charge >= 0.3 is 10.1 Å². The molecule has 6 nitrogen and oxygen atoms in total. The van der Waals surface area contributed by atoms with Gasteiger partial charge in [-0.25, -0.2) is 8.42 Å². The molecule has 0 unspecified atom stereocenters. The second kappa shape index (κ2) is 5.57. The molecule has 0 saturated carbocycles. The van der Waals surface area contributed by atoms with Crippen molar-refractivity contribution in [1.29, 1.82) is 0 Å². The molecule has 0 fully saturated rings. The van der Waals surface area contributed by atoms with Crippen molar-refractivity contribution in [2.75, 3.05) is 16.7 Å². The molecule has 0 aromatic heterocycles. The normalized spacial score (nSPS) is 12.1. The number of benzene rings is 1. The van der Waals surface area contributed by atoms with Gasteiger partial charge in [-0.2, -0.15) is 8.42 Å². The molecule has 1 rings (SSSR count). The smallest absolute Gasteiger partial charge is 0.309 e. The van der Waals surface area contributed by atoms with Gasteiger partial charge in [-0.05, 0) is 18.6 Å². The molecule has 0 radical (unpaired) electrons. The number of sulfonamides is 1. The Kier molecular flexibility index (Phi) is 4.58. The van der Waals surface area contributed by atoms with Gasteiger partial charge in [0, 0.05) is 6.07 Å². The van der Waals surface area contributed by atoms with Crippen LogP contribution in [0.15, 0.2) is 24.3 Å². The van der Waals surface area contributed by atoms with Crippen LogP contribution in [-0.4, -0.2) is 28.8 Å². The van der Waals surface area contributed by atoms with Crippen LogP contribution in [0, 0.1) is 0 Å². The lowest BCUT2D eigenvalue weighted by Gasteiger charge is -2.08. The van der Waals surface area contributed by atoms with E-state index in [2.05, 4.69) is 4.72 Å². The summed E-state index contributed by atoms with van der Waals surface area (Å²) in [6.07, 6.45) is 1.46. The molecule has 1 aromatic carbocycles. The van der Waals surface area contributed by atoms with Gasteiger partial charge in [0.2, 0.25) is 10.0 Å². The van der Waals surface area contributed by atoms with E-state index in [4.69, 9.17) is 4.18 Å². The molecule has 0 atom stereocenters. The predicted molar refractivity (Wildman–Crippen MR) is 69.6 cm³/mol. The quantitative estimate of drug-likeness (QED) is 0.795. The topological polar surface area (TPSA) is 89.5 Å². The molecule has 0 aliphatic heterocycles. The van der Waals surface area contributed by atoms with Crippen LogP contribution in [-0.2, 0) is 20.1 Å². The summed E-state index contributed by atoms with van der Waals surface area (Å²) < 4.78 is 52.0. The Morgan fingerprint density at radius 1 is 1.22 bits per heavy atom. The van der Waals surface area contributed by atoms with E-state index in [0.29, 0.717) is 6.42 Å². The first-order valence-electron chi connectivity index (χ1n) is 5.22. The monoisotopic (exact) mass is 293 g/mol. The summed E-state index contributed by atoms with van der Waals surface area (Å²) in [5, 5.41) is 0. The van der Waals surface area contributed by atoms with Crippen molar-refractivity contribution < 1.29 is 21.0 Å². The van der Waals surface area contributed by atoms with Gasteiger partial charge in [0.25, 0.3) is 0 Å². The lowest BCUT2D eigenvalue weighted by atomic mass is 10.3. The van der Waals surface area contributed by atoms with Crippen molar-refractivity contribution in [3.63, 3.8) is 0 Å². The van der Waals surface area contributed by atoms with Crippen molar-refractivity contribution in [3.05, 3.63) is 24.3 Å². The summed E-state index contributed by atoms with van der Waals surface area (Å²) in [6, 6.07) is 5.76. The zero-order valence-corrected chi connectivity index (χ0v) is 11.7. The number of hydrogen-bond acceptors (Lipinski definition) is 5. The Morgan fingerprint density at radius 2 is 1.89 bits per heavy atom. The van der Waals surface area contributed by atoms with E-state index >= 15 is 0 Å². The number of rotatable bonds is 6. The maximum atomic E-state index is 11.4. The fraction of sp³-hybridized carbons (Fsp3) is 0.400. The van der Waals surface area contributed by atoms with Crippen molar-refractivity contribution in [2.24, 2.45) is 0 Å². The lowest BCUT2D eigenvalue weighted by Crippen LogP contribution is -2.13. The summed E-state index contributed by atoms with van der Waals surface area (Å²) >= 11 is 0.